The number of likely N-dealkylation sites (tertiary alicyclic amines) is 1. The summed E-state index contributed by atoms with van der Waals surface area (Å²) in [4.78, 5) is 65.9. The summed E-state index contributed by atoms with van der Waals surface area (Å²) < 4.78 is 24.0. The molecule has 3 saturated heterocycles. The van der Waals surface area contributed by atoms with Gasteiger partial charge in [0.05, 0.1) is 37.1 Å². The zero-order valence-corrected chi connectivity index (χ0v) is 35.5. The van der Waals surface area contributed by atoms with E-state index in [1.807, 2.05) is 46.9 Å². The Bertz CT molecular complexity index is 2060. The SMILES string of the molecule is CCC1C[C@]1(NC(=O)[C@@H]1CC(Oc2cc(-c3csc(NC(C)C)n3)nc3c(Cl)c(OC)ccc23)CN1C(=O)[C@@H](NC(=O)O[C@@H]1C[C@H]2CC[C@@H](C1)O2)C(C)(C)C)C(=O)O. The smallest absolute Gasteiger partial charge is 0.408 e. The van der Waals surface area contributed by atoms with Crippen molar-refractivity contribution in [3.8, 4) is 22.9 Å². The molecule has 4 aliphatic rings. The number of pyridine rings is 1. The van der Waals surface area contributed by atoms with E-state index in [2.05, 4.69) is 16.0 Å². The maximum absolute atomic E-state index is 14.8. The van der Waals surface area contributed by atoms with Gasteiger partial charge in [0.15, 0.2) is 5.13 Å². The third kappa shape index (κ3) is 8.51. The molecule has 2 bridgehead atoms. The second-order valence-electron chi connectivity index (χ2n) is 17.3. The van der Waals surface area contributed by atoms with E-state index in [0.29, 0.717) is 53.1 Å². The molecule has 15 nitrogen and oxygen atoms in total. The van der Waals surface area contributed by atoms with Crippen molar-refractivity contribution in [1.82, 2.24) is 25.5 Å². The third-order valence-corrected chi connectivity index (χ3v) is 12.7. The fraction of sp³-hybridized carbons (Fsp3) is 0.610. The van der Waals surface area contributed by atoms with E-state index in [1.54, 1.807) is 18.2 Å². The molecule has 1 saturated carbocycles. The first-order chi connectivity index (χ1) is 27.5. The van der Waals surface area contributed by atoms with Gasteiger partial charge >= 0.3 is 12.1 Å². The Morgan fingerprint density at radius 3 is 2.41 bits per heavy atom. The number of nitrogens with one attached hydrogen (secondary N) is 3. The van der Waals surface area contributed by atoms with E-state index in [1.165, 1.54) is 23.3 Å². The van der Waals surface area contributed by atoms with Crippen molar-refractivity contribution in [3.05, 3.63) is 28.6 Å². The molecule has 17 heteroatoms. The number of hydrogen-bond donors (Lipinski definition) is 4. The van der Waals surface area contributed by atoms with E-state index < -0.39 is 53.0 Å². The predicted octanol–water partition coefficient (Wildman–Crippen LogP) is 6.41. The minimum absolute atomic E-state index is 0.0387. The molecule has 5 heterocycles. The molecule has 8 atom stereocenters. The molecule has 4 fully saturated rings. The number of aromatic nitrogens is 2. The number of carboxylic acid groups (broad SMARTS) is 1. The van der Waals surface area contributed by atoms with Crippen LogP contribution in [0.25, 0.3) is 22.3 Å². The highest BCUT2D eigenvalue weighted by Gasteiger charge is 2.61. The highest BCUT2D eigenvalue weighted by atomic mass is 35.5. The normalized spacial score (nSPS) is 26.9. The molecule has 314 valence electrons. The highest BCUT2D eigenvalue weighted by molar-refractivity contribution is 7.14. The monoisotopic (exact) mass is 840 g/mol. The molecule has 2 aromatic heterocycles. The number of alkyl carbamates (subject to hydrolysis) is 1. The third-order valence-electron chi connectivity index (χ3n) is 11.6. The number of methoxy groups -OCH3 is 1. The van der Waals surface area contributed by atoms with Crippen molar-refractivity contribution in [2.24, 2.45) is 11.3 Å². The number of ether oxygens (including phenoxy) is 4. The number of hydrogen-bond acceptors (Lipinski definition) is 12. The quantitative estimate of drug-likeness (QED) is 0.148. The van der Waals surface area contributed by atoms with Crippen LogP contribution in [0.5, 0.6) is 11.5 Å². The summed E-state index contributed by atoms with van der Waals surface area (Å²) in [5.41, 5.74) is -0.735. The van der Waals surface area contributed by atoms with Gasteiger partial charge in [0.2, 0.25) is 11.8 Å². The molecular weight excluding hydrogens is 788 g/mol. The first-order valence-corrected chi connectivity index (χ1v) is 21.3. The van der Waals surface area contributed by atoms with Gasteiger partial charge in [0.25, 0.3) is 0 Å². The summed E-state index contributed by atoms with van der Waals surface area (Å²) >= 11 is 8.26. The number of amides is 3. The van der Waals surface area contributed by atoms with Crippen LogP contribution < -0.4 is 25.4 Å². The van der Waals surface area contributed by atoms with Gasteiger partial charge in [-0.2, -0.15) is 0 Å². The first-order valence-electron chi connectivity index (χ1n) is 20.0. The van der Waals surface area contributed by atoms with Crippen LogP contribution in [0.3, 0.4) is 0 Å². The van der Waals surface area contributed by atoms with Gasteiger partial charge in [0.1, 0.15) is 52.0 Å². The Labute approximate surface area is 346 Å². The topological polar surface area (TPSA) is 191 Å². The maximum atomic E-state index is 14.8. The number of carbonyl (C=O) groups is 4. The molecule has 1 aliphatic carbocycles. The number of carbonyl (C=O) groups excluding carboxylic acids is 3. The molecule has 3 aliphatic heterocycles. The maximum Gasteiger partial charge on any atom is 0.408 e. The Morgan fingerprint density at radius 2 is 1.79 bits per heavy atom. The van der Waals surface area contributed by atoms with Gasteiger partial charge < -0.3 is 44.9 Å². The largest absolute Gasteiger partial charge is 0.495 e. The highest BCUT2D eigenvalue weighted by Crippen LogP contribution is 2.47. The number of thiazole rings is 1. The average molecular weight is 841 g/mol. The summed E-state index contributed by atoms with van der Waals surface area (Å²) in [6.07, 6.45) is 2.26. The Balaban J connectivity index is 1.19. The molecule has 3 aromatic rings. The van der Waals surface area contributed by atoms with Gasteiger partial charge in [0, 0.05) is 42.1 Å². The van der Waals surface area contributed by atoms with Crippen LogP contribution in [0.1, 0.15) is 86.5 Å². The molecule has 0 radical (unpaired) electrons. The summed E-state index contributed by atoms with van der Waals surface area (Å²) in [5.74, 6) is -1.67. The van der Waals surface area contributed by atoms with Crippen molar-refractivity contribution in [2.75, 3.05) is 19.0 Å². The second-order valence-corrected chi connectivity index (χ2v) is 18.5. The predicted molar refractivity (Wildman–Crippen MR) is 218 cm³/mol. The van der Waals surface area contributed by atoms with E-state index in [0.717, 1.165) is 18.0 Å². The number of fused-ring (bicyclic) bond motifs is 3. The minimum atomic E-state index is -1.42. The lowest BCUT2D eigenvalue weighted by molar-refractivity contribution is -0.146. The summed E-state index contributed by atoms with van der Waals surface area (Å²) in [6, 6.07) is 3.21. The number of carboxylic acids is 1. The zero-order valence-electron chi connectivity index (χ0n) is 33.9. The minimum Gasteiger partial charge on any atom is -0.495 e. The van der Waals surface area contributed by atoms with Crippen molar-refractivity contribution < 1.29 is 43.2 Å². The molecule has 58 heavy (non-hydrogen) atoms. The van der Waals surface area contributed by atoms with Crippen molar-refractivity contribution in [3.63, 3.8) is 0 Å². The summed E-state index contributed by atoms with van der Waals surface area (Å²) in [7, 11) is 1.51. The second kappa shape index (κ2) is 16.3. The lowest BCUT2D eigenvalue weighted by Gasteiger charge is -2.36. The lowest BCUT2D eigenvalue weighted by Crippen LogP contribution is -2.59. The van der Waals surface area contributed by atoms with Crippen LogP contribution in [0, 0.1) is 11.3 Å². The number of aliphatic carboxylic acids is 1. The van der Waals surface area contributed by atoms with Crippen LogP contribution in [-0.4, -0.2) is 106 Å². The van der Waals surface area contributed by atoms with E-state index in [9.17, 15) is 24.3 Å². The van der Waals surface area contributed by atoms with E-state index in [-0.39, 0.29) is 54.7 Å². The van der Waals surface area contributed by atoms with Crippen LogP contribution in [0.15, 0.2) is 23.6 Å². The molecular formula is C41H53ClN6O9S. The summed E-state index contributed by atoms with van der Waals surface area (Å²) in [6.45, 7) is 11.3. The average Bonchev–Trinajstić information content (AvgIpc) is 3.42. The van der Waals surface area contributed by atoms with Crippen molar-refractivity contribution >= 4 is 62.8 Å². The standard InChI is InChI=1S/C41H53ClN6O9S/c1-8-21-17-41(21,37(51)52)47-35(49)29-15-25(18-48(29)36(50)34(40(4,5)6)46-39(53)57-24-13-22-9-10-23(14-24)55-22)56-31-16-27(28-19-58-38(45-28)43-20(2)3)44-33-26(31)11-12-30(54-7)32(33)42/h11-12,16,19-25,29,34H,8-10,13-15,17-18H2,1-7H3,(H,43,45)(H,46,53)(H,47,49)(H,51,52)/t21?,22-,23+,24-,25?,29-,34+,41+/m0/s1. The molecule has 1 aromatic carbocycles. The fourth-order valence-electron chi connectivity index (χ4n) is 8.47. The van der Waals surface area contributed by atoms with E-state index in [4.69, 9.17) is 40.5 Å². The number of rotatable bonds is 13. The van der Waals surface area contributed by atoms with Gasteiger partial charge in [-0.05, 0) is 56.6 Å². The molecule has 4 N–H and O–H groups in total. The number of anilines is 1. The van der Waals surface area contributed by atoms with Crippen LogP contribution in [0.4, 0.5) is 9.93 Å². The zero-order chi connectivity index (χ0) is 41.7. The number of nitrogens with zero attached hydrogens (tertiary/aromatic N) is 3. The van der Waals surface area contributed by atoms with Gasteiger partial charge in [-0.25, -0.2) is 19.6 Å². The van der Waals surface area contributed by atoms with Crippen molar-refractivity contribution in [2.45, 2.75) is 135 Å². The van der Waals surface area contributed by atoms with Gasteiger partial charge in [-0.15, -0.1) is 11.3 Å². The molecule has 0 spiro atoms. The number of halogens is 1. The molecule has 7 rings (SSSR count). The van der Waals surface area contributed by atoms with Crippen LogP contribution in [0.2, 0.25) is 5.02 Å². The fourth-order valence-corrected chi connectivity index (χ4v) is 9.61. The van der Waals surface area contributed by atoms with E-state index >= 15 is 0 Å². The lowest BCUT2D eigenvalue weighted by atomic mass is 9.85. The molecule has 2 unspecified atom stereocenters. The first kappa shape index (κ1) is 41.7. The Hall–Kier alpha value is -4.41. The van der Waals surface area contributed by atoms with Crippen LogP contribution >= 0.6 is 22.9 Å². The Kier molecular flexibility index (Phi) is 11.7. The Morgan fingerprint density at radius 1 is 1.07 bits per heavy atom. The molecule has 3 amide bonds. The number of benzene rings is 1. The summed E-state index contributed by atoms with van der Waals surface area (Å²) in [5, 5.41) is 22.6. The van der Waals surface area contributed by atoms with Gasteiger partial charge in [-0.3, -0.25) is 9.59 Å². The van der Waals surface area contributed by atoms with Crippen molar-refractivity contribution in [1.29, 1.82) is 0 Å². The van der Waals surface area contributed by atoms with Gasteiger partial charge in [-0.1, -0.05) is 45.7 Å². The van der Waals surface area contributed by atoms with Crippen LogP contribution in [-0.2, 0) is 23.9 Å².